The lowest BCUT2D eigenvalue weighted by atomic mass is 10.1. The van der Waals surface area contributed by atoms with Crippen LogP contribution in [0.25, 0.3) is 0 Å². The maximum atomic E-state index is 6.07. The average Bonchev–Trinajstić information content (AvgIpc) is 2.13. The van der Waals surface area contributed by atoms with Gasteiger partial charge in [0.2, 0.25) is 0 Å². The summed E-state index contributed by atoms with van der Waals surface area (Å²) in [5.41, 5.74) is 2.17. The predicted molar refractivity (Wildman–Crippen MR) is 71.8 cm³/mol. The van der Waals surface area contributed by atoms with E-state index >= 15 is 0 Å². The first-order valence-corrected chi connectivity index (χ1v) is 6.37. The Labute approximate surface area is 105 Å². The standard InChI is InChI=1S/C12H17BrClN/c1-8(2)4-5-15-12-7-11(14)9(3)6-10(12)13/h6-8,15H,4-5H2,1-3H3. The Balaban J connectivity index is 2.65. The molecule has 1 rings (SSSR count). The van der Waals surface area contributed by atoms with Gasteiger partial charge in [-0.05, 0) is 52.9 Å². The monoisotopic (exact) mass is 289 g/mol. The van der Waals surface area contributed by atoms with Gasteiger partial charge in [0.05, 0.1) is 0 Å². The van der Waals surface area contributed by atoms with Crippen molar-refractivity contribution in [2.75, 3.05) is 11.9 Å². The SMILES string of the molecule is Cc1cc(Br)c(NCCC(C)C)cc1Cl. The molecule has 0 unspecified atom stereocenters. The number of nitrogens with one attached hydrogen (secondary N) is 1. The molecular weight excluding hydrogens is 273 g/mol. The summed E-state index contributed by atoms with van der Waals surface area (Å²) in [6, 6.07) is 4.02. The quantitative estimate of drug-likeness (QED) is 0.834. The maximum Gasteiger partial charge on any atom is 0.0499 e. The van der Waals surface area contributed by atoms with Gasteiger partial charge >= 0.3 is 0 Å². The van der Waals surface area contributed by atoms with E-state index in [-0.39, 0.29) is 0 Å². The molecule has 84 valence electrons. The van der Waals surface area contributed by atoms with E-state index in [1.54, 1.807) is 0 Å². The van der Waals surface area contributed by atoms with Crippen LogP contribution in [-0.2, 0) is 0 Å². The van der Waals surface area contributed by atoms with E-state index in [4.69, 9.17) is 11.6 Å². The molecule has 0 aliphatic heterocycles. The third-order valence-corrected chi connectivity index (χ3v) is 3.35. The van der Waals surface area contributed by atoms with E-state index in [2.05, 4.69) is 35.1 Å². The summed E-state index contributed by atoms with van der Waals surface area (Å²) in [6.45, 7) is 7.43. The van der Waals surface area contributed by atoms with Crippen LogP contribution in [0.15, 0.2) is 16.6 Å². The fourth-order valence-corrected chi connectivity index (χ4v) is 2.04. The Morgan fingerprint density at radius 3 is 2.67 bits per heavy atom. The molecule has 0 aromatic heterocycles. The van der Waals surface area contributed by atoms with E-state index in [0.717, 1.165) is 39.6 Å². The number of aryl methyl sites for hydroxylation is 1. The third-order valence-electron chi connectivity index (χ3n) is 2.29. The van der Waals surface area contributed by atoms with Gasteiger partial charge in [0, 0.05) is 21.7 Å². The van der Waals surface area contributed by atoms with Crippen molar-refractivity contribution in [3.63, 3.8) is 0 Å². The molecule has 0 saturated carbocycles. The zero-order chi connectivity index (χ0) is 11.4. The molecule has 0 saturated heterocycles. The molecule has 1 aromatic rings. The summed E-state index contributed by atoms with van der Waals surface area (Å²) < 4.78 is 1.08. The average molecular weight is 291 g/mol. The minimum atomic E-state index is 0.720. The number of benzene rings is 1. The molecule has 0 radical (unpaired) electrons. The molecule has 0 atom stereocenters. The zero-order valence-electron chi connectivity index (χ0n) is 9.40. The molecule has 0 aliphatic carbocycles. The number of anilines is 1. The zero-order valence-corrected chi connectivity index (χ0v) is 11.7. The molecule has 1 nitrogen and oxygen atoms in total. The minimum Gasteiger partial charge on any atom is -0.384 e. The van der Waals surface area contributed by atoms with Gasteiger partial charge in [-0.2, -0.15) is 0 Å². The van der Waals surface area contributed by atoms with Crippen molar-refractivity contribution in [1.82, 2.24) is 0 Å². The van der Waals surface area contributed by atoms with Crippen LogP contribution in [0.2, 0.25) is 5.02 Å². The van der Waals surface area contributed by atoms with Crippen LogP contribution in [0.3, 0.4) is 0 Å². The summed E-state index contributed by atoms with van der Waals surface area (Å²) in [4.78, 5) is 0. The molecular formula is C12H17BrClN. The Morgan fingerprint density at radius 1 is 1.40 bits per heavy atom. The van der Waals surface area contributed by atoms with E-state index in [1.807, 2.05) is 19.1 Å². The minimum absolute atomic E-state index is 0.720. The highest BCUT2D eigenvalue weighted by Crippen LogP contribution is 2.29. The van der Waals surface area contributed by atoms with Gasteiger partial charge in [-0.15, -0.1) is 0 Å². The molecule has 1 aromatic carbocycles. The molecule has 0 spiro atoms. The Hall–Kier alpha value is -0.210. The van der Waals surface area contributed by atoms with Crippen LogP contribution in [0, 0.1) is 12.8 Å². The molecule has 0 aliphatic rings. The largest absolute Gasteiger partial charge is 0.384 e. The molecule has 0 bridgehead atoms. The van der Waals surface area contributed by atoms with Gasteiger partial charge in [-0.1, -0.05) is 25.4 Å². The van der Waals surface area contributed by atoms with E-state index in [9.17, 15) is 0 Å². The van der Waals surface area contributed by atoms with Crippen molar-refractivity contribution < 1.29 is 0 Å². The van der Waals surface area contributed by atoms with Crippen molar-refractivity contribution in [2.24, 2.45) is 5.92 Å². The van der Waals surface area contributed by atoms with Crippen LogP contribution in [-0.4, -0.2) is 6.54 Å². The molecule has 1 N–H and O–H groups in total. The number of rotatable bonds is 4. The van der Waals surface area contributed by atoms with Gasteiger partial charge in [0.1, 0.15) is 0 Å². The lowest BCUT2D eigenvalue weighted by Crippen LogP contribution is -2.05. The Bertz CT molecular complexity index is 337. The molecule has 3 heteroatoms. The van der Waals surface area contributed by atoms with Crippen LogP contribution in [0.4, 0.5) is 5.69 Å². The number of hydrogen-bond donors (Lipinski definition) is 1. The normalized spacial score (nSPS) is 10.8. The summed E-state index contributed by atoms with van der Waals surface area (Å²) in [5, 5.41) is 4.19. The maximum absolute atomic E-state index is 6.07. The highest BCUT2D eigenvalue weighted by molar-refractivity contribution is 9.10. The molecule has 0 heterocycles. The van der Waals surface area contributed by atoms with Crippen molar-refractivity contribution in [1.29, 1.82) is 0 Å². The summed E-state index contributed by atoms with van der Waals surface area (Å²) in [7, 11) is 0. The van der Waals surface area contributed by atoms with Crippen molar-refractivity contribution in [3.05, 3.63) is 27.2 Å². The number of halogens is 2. The molecule has 0 amide bonds. The first-order valence-electron chi connectivity index (χ1n) is 5.20. The van der Waals surface area contributed by atoms with E-state index < -0.39 is 0 Å². The highest BCUT2D eigenvalue weighted by Gasteiger charge is 2.03. The van der Waals surface area contributed by atoms with Crippen molar-refractivity contribution in [2.45, 2.75) is 27.2 Å². The first-order chi connectivity index (χ1) is 7.00. The van der Waals surface area contributed by atoms with Crippen molar-refractivity contribution in [3.8, 4) is 0 Å². The third kappa shape index (κ3) is 4.04. The summed E-state index contributed by atoms with van der Waals surface area (Å²) in [6.07, 6.45) is 1.16. The first kappa shape index (κ1) is 12.9. The Kier molecular flexibility index (Phi) is 4.94. The molecule has 15 heavy (non-hydrogen) atoms. The van der Waals surface area contributed by atoms with Crippen LogP contribution in [0.1, 0.15) is 25.8 Å². The van der Waals surface area contributed by atoms with Crippen LogP contribution in [0.5, 0.6) is 0 Å². The fraction of sp³-hybridized carbons (Fsp3) is 0.500. The second-order valence-corrected chi connectivity index (χ2v) is 5.45. The second-order valence-electron chi connectivity index (χ2n) is 4.19. The fourth-order valence-electron chi connectivity index (χ4n) is 1.28. The van der Waals surface area contributed by atoms with Gasteiger partial charge in [-0.25, -0.2) is 0 Å². The lowest BCUT2D eigenvalue weighted by molar-refractivity contribution is 0.607. The van der Waals surface area contributed by atoms with Crippen LogP contribution >= 0.6 is 27.5 Å². The van der Waals surface area contributed by atoms with Gasteiger partial charge in [0.25, 0.3) is 0 Å². The predicted octanol–water partition coefficient (Wildman–Crippen LogP) is 4.87. The van der Waals surface area contributed by atoms with Gasteiger partial charge in [-0.3, -0.25) is 0 Å². The lowest BCUT2D eigenvalue weighted by Gasteiger charge is -2.11. The number of hydrogen-bond acceptors (Lipinski definition) is 1. The smallest absolute Gasteiger partial charge is 0.0499 e. The van der Waals surface area contributed by atoms with E-state index in [1.165, 1.54) is 0 Å². The molecule has 0 fully saturated rings. The van der Waals surface area contributed by atoms with Crippen LogP contribution < -0.4 is 5.32 Å². The van der Waals surface area contributed by atoms with E-state index in [0.29, 0.717) is 0 Å². The van der Waals surface area contributed by atoms with Crippen molar-refractivity contribution >= 4 is 33.2 Å². The highest BCUT2D eigenvalue weighted by atomic mass is 79.9. The second kappa shape index (κ2) is 5.76. The Morgan fingerprint density at radius 2 is 2.07 bits per heavy atom. The topological polar surface area (TPSA) is 12.0 Å². The van der Waals surface area contributed by atoms with Gasteiger partial charge in [0.15, 0.2) is 0 Å². The summed E-state index contributed by atoms with van der Waals surface area (Å²) in [5.74, 6) is 0.720. The summed E-state index contributed by atoms with van der Waals surface area (Å²) >= 11 is 9.59. The van der Waals surface area contributed by atoms with Gasteiger partial charge < -0.3 is 5.32 Å².